The van der Waals surface area contributed by atoms with Gasteiger partial charge in [-0.15, -0.1) is 0 Å². The van der Waals surface area contributed by atoms with E-state index in [4.69, 9.17) is 0 Å². The fourth-order valence-electron chi connectivity index (χ4n) is 4.26. The van der Waals surface area contributed by atoms with Gasteiger partial charge < -0.3 is 15.1 Å². The average molecular weight is 279 g/mol. The number of hydrogen-bond acceptors (Lipinski definition) is 3. The molecule has 2 saturated heterocycles. The van der Waals surface area contributed by atoms with Crippen molar-refractivity contribution in [1.82, 2.24) is 15.1 Å². The van der Waals surface area contributed by atoms with Crippen LogP contribution in [-0.2, 0) is 0 Å². The average Bonchev–Trinajstić information content (AvgIpc) is 3.26. The summed E-state index contributed by atoms with van der Waals surface area (Å²) in [7, 11) is 0. The topological polar surface area (TPSA) is 18.5 Å². The molecule has 1 atom stereocenters. The van der Waals surface area contributed by atoms with E-state index in [1.807, 2.05) is 0 Å². The zero-order valence-electron chi connectivity index (χ0n) is 13.4. The van der Waals surface area contributed by atoms with Gasteiger partial charge in [-0.2, -0.15) is 0 Å². The Bertz CT molecular complexity index is 281. The molecule has 0 spiro atoms. The molecule has 116 valence electrons. The first-order valence-electron chi connectivity index (χ1n) is 8.95. The molecule has 0 amide bonds. The quantitative estimate of drug-likeness (QED) is 0.804. The first-order valence-corrected chi connectivity index (χ1v) is 8.95. The second-order valence-corrected chi connectivity index (χ2v) is 7.55. The molecule has 0 aromatic carbocycles. The number of hydrogen-bond donors (Lipinski definition) is 1. The van der Waals surface area contributed by atoms with Gasteiger partial charge in [0.15, 0.2) is 0 Å². The van der Waals surface area contributed by atoms with Crippen molar-refractivity contribution in [2.45, 2.75) is 45.4 Å². The molecule has 0 aromatic heterocycles. The zero-order chi connectivity index (χ0) is 13.8. The van der Waals surface area contributed by atoms with Crippen LogP contribution in [0, 0.1) is 11.3 Å². The number of piperidine rings is 1. The van der Waals surface area contributed by atoms with Gasteiger partial charge in [-0.25, -0.2) is 0 Å². The van der Waals surface area contributed by atoms with Crippen molar-refractivity contribution in [3.8, 4) is 0 Å². The van der Waals surface area contributed by atoms with Gasteiger partial charge in [-0.05, 0) is 50.0 Å². The lowest BCUT2D eigenvalue weighted by Crippen LogP contribution is -2.53. The highest BCUT2D eigenvalue weighted by Gasteiger charge is 2.34. The second-order valence-electron chi connectivity index (χ2n) is 7.55. The van der Waals surface area contributed by atoms with Gasteiger partial charge in [0.05, 0.1) is 0 Å². The second kappa shape index (κ2) is 6.76. The minimum Gasteiger partial charge on any atom is -0.316 e. The standard InChI is InChI=1S/C17H33N3/c1-2-6-17(7-3-8-18-14-17)15-20-11-9-19(10-12-20)13-16-4-5-16/h16,18H,2-15H2,1H3. The Labute approximate surface area is 125 Å². The van der Waals surface area contributed by atoms with Crippen LogP contribution in [0.25, 0.3) is 0 Å². The lowest BCUT2D eigenvalue weighted by atomic mass is 9.76. The molecule has 3 aliphatic rings. The van der Waals surface area contributed by atoms with Crippen molar-refractivity contribution >= 4 is 0 Å². The van der Waals surface area contributed by atoms with Crippen molar-refractivity contribution in [3.63, 3.8) is 0 Å². The minimum absolute atomic E-state index is 0.575. The molecule has 3 rings (SSSR count). The van der Waals surface area contributed by atoms with E-state index in [2.05, 4.69) is 22.0 Å². The number of piperazine rings is 1. The molecule has 3 nitrogen and oxygen atoms in total. The number of nitrogens with one attached hydrogen (secondary N) is 1. The predicted octanol–water partition coefficient (Wildman–Crippen LogP) is 2.18. The molecule has 0 bridgehead atoms. The molecule has 1 unspecified atom stereocenters. The third kappa shape index (κ3) is 3.96. The summed E-state index contributed by atoms with van der Waals surface area (Å²) in [5.41, 5.74) is 0.575. The van der Waals surface area contributed by atoms with Gasteiger partial charge in [0.2, 0.25) is 0 Å². The van der Waals surface area contributed by atoms with Crippen molar-refractivity contribution in [2.75, 3.05) is 52.4 Å². The maximum absolute atomic E-state index is 3.66. The maximum Gasteiger partial charge on any atom is 0.0110 e. The summed E-state index contributed by atoms with van der Waals surface area (Å²) in [6.07, 6.45) is 8.54. The molecule has 20 heavy (non-hydrogen) atoms. The van der Waals surface area contributed by atoms with Gasteiger partial charge in [-0.1, -0.05) is 13.3 Å². The summed E-state index contributed by atoms with van der Waals surface area (Å²) in [6.45, 7) is 12.8. The summed E-state index contributed by atoms with van der Waals surface area (Å²) >= 11 is 0. The molecule has 0 aromatic rings. The van der Waals surface area contributed by atoms with Crippen LogP contribution in [0.4, 0.5) is 0 Å². The van der Waals surface area contributed by atoms with Gasteiger partial charge >= 0.3 is 0 Å². The molecule has 1 saturated carbocycles. The van der Waals surface area contributed by atoms with Gasteiger partial charge in [0, 0.05) is 45.8 Å². The van der Waals surface area contributed by atoms with E-state index in [1.165, 1.54) is 90.9 Å². The van der Waals surface area contributed by atoms with Crippen LogP contribution in [-0.4, -0.2) is 62.2 Å². The first-order chi connectivity index (χ1) is 9.80. The highest BCUT2D eigenvalue weighted by molar-refractivity contribution is 4.90. The molecule has 2 heterocycles. The first kappa shape index (κ1) is 14.8. The predicted molar refractivity (Wildman–Crippen MR) is 85.0 cm³/mol. The number of rotatable bonds is 6. The van der Waals surface area contributed by atoms with E-state index in [0.717, 1.165) is 5.92 Å². The normalized spacial score (nSPS) is 33.5. The summed E-state index contributed by atoms with van der Waals surface area (Å²) in [5.74, 6) is 1.05. The highest BCUT2D eigenvalue weighted by atomic mass is 15.3. The van der Waals surface area contributed by atoms with Crippen LogP contribution in [0.1, 0.15) is 45.4 Å². The van der Waals surface area contributed by atoms with Crippen molar-refractivity contribution in [2.24, 2.45) is 11.3 Å². The van der Waals surface area contributed by atoms with E-state index in [1.54, 1.807) is 0 Å². The lowest BCUT2D eigenvalue weighted by Gasteiger charge is -2.44. The lowest BCUT2D eigenvalue weighted by molar-refractivity contribution is 0.0626. The van der Waals surface area contributed by atoms with Gasteiger partial charge in [-0.3, -0.25) is 0 Å². The van der Waals surface area contributed by atoms with Crippen LogP contribution in [0.15, 0.2) is 0 Å². The monoisotopic (exact) mass is 279 g/mol. The Morgan fingerprint density at radius 3 is 2.45 bits per heavy atom. The van der Waals surface area contributed by atoms with Crippen molar-refractivity contribution < 1.29 is 0 Å². The van der Waals surface area contributed by atoms with Crippen LogP contribution < -0.4 is 5.32 Å². The Balaban J connectivity index is 1.46. The van der Waals surface area contributed by atoms with E-state index in [0.29, 0.717) is 5.41 Å². The SMILES string of the molecule is CCCC1(CN2CCN(CC3CC3)CC2)CCCNC1. The maximum atomic E-state index is 3.66. The van der Waals surface area contributed by atoms with Crippen LogP contribution in [0.3, 0.4) is 0 Å². The van der Waals surface area contributed by atoms with E-state index >= 15 is 0 Å². The highest BCUT2D eigenvalue weighted by Crippen LogP contribution is 2.33. The smallest absolute Gasteiger partial charge is 0.0110 e. The summed E-state index contributed by atoms with van der Waals surface area (Å²) in [6, 6.07) is 0. The third-order valence-corrected chi connectivity index (χ3v) is 5.58. The molecule has 1 aliphatic carbocycles. The molecule has 1 N–H and O–H groups in total. The van der Waals surface area contributed by atoms with Crippen LogP contribution >= 0.6 is 0 Å². The van der Waals surface area contributed by atoms with E-state index in [-0.39, 0.29) is 0 Å². The van der Waals surface area contributed by atoms with E-state index in [9.17, 15) is 0 Å². The molecule has 3 heteroatoms. The van der Waals surface area contributed by atoms with E-state index < -0.39 is 0 Å². The fraction of sp³-hybridized carbons (Fsp3) is 1.00. The molecule has 3 fully saturated rings. The zero-order valence-corrected chi connectivity index (χ0v) is 13.4. The summed E-state index contributed by atoms with van der Waals surface area (Å²) < 4.78 is 0. The summed E-state index contributed by atoms with van der Waals surface area (Å²) in [4.78, 5) is 5.46. The largest absolute Gasteiger partial charge is 0.316 e. The van der Waals surface area contributed by atoms with Gasteiger partial charge in [0.25, 0.3) is 0 Å². The van der Waals surface area contributed by atoms with Gasteiger partial charge in [0.1, 0.15) is 0 Å². The molecular formula is C17H33N3. The fourth-order valence-corrected chi connectivity index (χ4v) is 4.26. The van der Waals surface area contributed by atoms with Crippen molar-refractivity contribution in [3.05, 3.63) is 0 Å². The Hall–Kier alpha value is -0.120. The number of nitrogens with zero attached hydrogens (tertiary/aromatic N) is 2. The molecule has 2 aliphatic heterocycles. The Kier molecular flexibility index (Phi) is 5.00. The Morgan fingerprint density at radius 2 is 1.85 bits per heavy atom. The Morgan fingerprint density at radius 1 is 1.10 bits per heavy atom. The van der Waals surface area contributed by atoms with Crippen molar-refractivity contribution in [1.29, 1.82) is 0 Å². The molecule has 0 radical (unpaired) electrons. The van der Waals surface area contributed by atoms with Crippen LogP contribution in [0.5, 0.6) is 0 Å². The third-order valence-electron chi connectivity index (χ3n) is 5.58. The minimum atomic E-state index is 0.575. The van der Waals surface area contributed by atoms with Crippen LogP contribution in [0.2, 0.25) is 0 Å². The molecular weight excluding hydrogens is 246 g/mol. The summed E-state index contributed by atoms with van der Waals surface area (Å²) in [5, 5.41) is 3.66.